The van der Waals surface area contributed by atoms with Gasteiger partial charge in [0.05, 0.1) is 5.60 Å². The molecule has 2 N–H and O–H groups in total. The van der Waals surface area contributed by atoms with Crippen LogP contribution in [-0.4, -0.2) is 47.2 Å². The van der Waals surface area contributed by atoms with E-state index in [0.717, 1.165) is 43.8 Å². The van der Waals surface area contributed by atoms with E-state index in [-0.39, 0.29) is 5.91 Å². The third-order valence-corrected chi connectivity index (χ3v) is 5.73. The van der Waals surface area contributed by atoms with Gasteiger partial charge in [0.25, 0.3) is 5.91 Å². The monoisotopic (exact) mass is 369 g/mol. The fourth-order valence-electron chi connectivity index (χ4n) is 3.67. The van der Waals surface area contributed by atoms with E-state index in [0.29, 0.717) is 31.0 Å². The molecule has 1 saturated carbocycles. The van der Waals surface area contributed by atoms with E-state index in [1.54, 1.807) is 6.07 Å². The number of carbonyl (C=O) groups is 1. The second-order valence-electron chi connectivity index (χ2n) is 7.88. The summed E-state index contributed by atoms with van der Waals surface area (Å²) in [5.74, 6) is 1.10. The summed E-state index contributed by atoms with van der Waals surface area (Å²) in [5, 5.41) is 17.7. The van der Waals surface area contributed by atoms with Gasteiger partial charge in [0.15, 0.2) is 5.69 Å². The smallest absolute Gasteiger partial charge is 0.273 e. The summed E-state index contributed by atoms with van der Waals surface area (Å²) < 4.78 is 5.23. The van der Waals surface area contributed by atoms with Crippen LogP contribution in [0.15, 0.2) is 34.9 Å². The Morgan fingerprint density at radius 1 is 1.30 bits per heavy atom. The number of aliphatic hydroxyl groups is 1. The van der Waals surface area contributed by atoms with Crippen LogP contribution in [0.25, 0.3) is 0 Å². The highest BCUT2D eigenvalue weighted by atomic mass is 16.5. The molecular weight excluding hydrogens is 342 g/mol. The first-order valence-electron chi connectivity index (χ1n) is 9.80. The van der Waals surface area contributed by atoms with Crippen molar-refractivity contribution in [3.63, 3.8) is 0 Å². The lowest BCUT2D eigenvalue weighted by Gasteiger charge is -2.38. The van der Waals surface area contributed by atoms with Gasteiger partial charge in [-0.15, -0.1) is 0 Å². The number of amides is 1. The maximum atomic E-state index is 12.2. The predicted octanol–water partition coefficient (Wildman–Crippen LogP) is 2.57. The normalized spacial score (nSPS) is 19.8. The number of benzene rings is 1. The van der Waals surface area contributed by atoms with Gasteiger partial charge in [-0.3, -0.25) is 4.79 Å². The highest BCUT2D eigenvalue weighted by Crippen LogP contribution is 2.40. The van der Waals surface area contributed by atoms with Gasteiger partial charge in [0.1, 0.15) is 5.76 Å². The zero-order valence-corrected chi connectivity index (χ0v) is 15.8. The van der Waals surface area contributed by atoms with Crippen molar-refractivity contribution in [3.8, 4) is 0 Å². The first-order chi connectivity index (χ1) is 13.0. The topological polar surface area (TPSA) is 78.6 Å². The highest BCUT2D eigenvalue weighted by Gasteiger charge is 2.33. The molecule has 6 nitrogen and oxygen atoms in total. The fourth-order valence-corrected chi connectivity index (χ4v) is 3.67. The molecule has 1 aromatic heterocycles. The quantitative estimate of drug-likeness (QED) is 0.818. The highest BCUT2D eigenvalue weighted by molar-refractivity contribution is 5.92. The molecule has 2 aliphatic rings. The van der Waals surface area contributed by atoms with Gasteiger partial charge in [-0.1, -0.05) is 35.0 Å². The molecule has 144 valence electrons. The molecule has 4 rings (SSSR count). The van der Waals surface area contributed by atoms with Gasteiger partial charge < -0.3 is 19.8 Å². The lowest BCUT2D eigenvalue weighted by molar-refractivity contribution is -0.0255. The van der Waals surface area contributed by atoms with E-state index in [9.17, 15) is 9.90 Å². The van der Waals surface area contributed by atoms with Crippen LogP contribution in [0.1, 0.15) is 59.0 Å². The summed E-state index contributed by atoms with van der Waals surface area (Å²) in [7, 11) is 0. The predicted molar refractivity (Wildman–Crippen MR) is 102 cm³/mol. The van der Waals surface area contributed by atoms with E-state index < -0.39 is 5.60 Å². The molecule has 1 amide bonds. The van der Waals surface area contributed by atoms with E-state index in [4.69, 9.17) is 4.52 Å². The second-order valence-corrected chi connectivity index (χ2v) is 7.88. The summed E-state index contributed by atoms with van der Waals surface area (Å²) >= 11 is 0. The number of aryl methyl sites for hydroxylation is 1. The molecular formula is C21H27N3O3. The Morgan fingerprint density at radius 2 is 2.00 bits per heavy atom. The Bertz CT molecular complexity index is 787. The van der Waals surface area contributed by atoms with Crippen molar-refractivity contribution < 1.29 is 14.4 Å². The third kappa shape index (κ3) is 4.22. The lowest BCUT2D eigenvalue weighted by atomic mass is 9.84. The minimum atomic E-state index is -0.743. The van der Waals surface area contributed by atoms with Crippen molar-refractivity contribution in [3.05, 3.63) is 52.9 Å². The first-order valence-corrected chi connectivity index (χ1v) is 9.80. The summed E-state index contributed by atoms with van der Waals surface area (Å²) in [6.45, 7) is 5.01. The van der Waals surface area contributed by atoms with E-state index in [1.807, 2.05) is 24.3 Å². The van der Waals surface area contributed by atoms with Crippen LogP contribution in [0.5, 0.6) is 0 Å². The molecule has 1 aromatic carbocycles. The summed E-state index contributed by atoms with van der Waals surface area (Å²) in [6.07, 6.45) is 3.66. The number of likely N-dealkylation sites (tertiary alicyclic amines) is 1. The number of carbonyl (C=O) groups excluding carboxylic acids is 1. The Morgan fingerprint density at radius 3 is 2.67 bits per heavy atom. The average molecular weight is 369 g/mol. The van der Waals surface area contributed by atoms with Gasteiger partial charge in [-0.25, -0.2) is 0 Å². The van der Waals surface area contributed by atoms with Crippen molar-refractivity contribution in [1.29, 1.82) is 0 Å². The van der Waals surface area contributed by atoms with E-state index in [1.165, 1.54) is 5.56 Å². The molecule has 0 atom stereocenters. The number of nitrogens with one attached hydrogen (secondary N) is 1. The molecule has 0 spiro atoms. The van der Waals surface area contributed by atoms with Gasteiger partial charge in [-0.2, -0.15) is 0 Å². The van der Waals surface area contributed by atoms with Crippen molar-refractivity contribution in [2.45, 2.75) is 44.1 Å². The van der Waals surface area contributed by atoms with E-state index >= 15 is 0 Å². The Balaban J connectivity index is 1.22. The van der Waals surface area contributed by atoms with Gasteiger partial charge in [0, 0.05) is 38.2 Å². The van der Waals surface area contributed by atoms with Crippen LogP contribution in [0.2, 0.25) is 0 Å². The molecule has 6 heteroatoms. The number of nitrogens with zero attached hydrogens (tertiary/aromatic N) is 2. The van der Waals surface area contributed by atoms with Crippen molar-refractivity contribution in [1.82, 2.24) is 15.4 Å². The molecule has 2 fully saturated rings. The Kier molecular flexibility index (Phi) is 5.02. The van der Waals surface area contributed by atoms with Crippen molar-refractivity contribution in [2.24, 2.45) is 0 Å². The van der Waals surface area contributed by atoms with Gasteiger partial charge >= 0.3 is 0 Å². The standard InChI is InChI=1S/C21H27N3O3/c1-15-2-6-17(7-3-15)21(26)8-11-24(12-9-21)13-10-22-20(25)18-14-19(27-23-18)16-4-5-16/h2-3,6-7,14,16,26H,4-5,8-13H2,1H3,(H,22,25). The summed E-state index contributed by atoms with van der Waals surface area (Å²) in [6, 6.07) is 9.91. The summed E-state index contributed by atoms with van der Waals surface area (Å²) in [4.78, 5) is 14.4. The second kappa shape index (κ2) is 7.44. The maximum absolute atomic E-state index is 12.2. The fraction of sp³-hybridized carbons (Fsp3) is 0.524. The first kappa shape index (κ1) is 18.2. The Hall–Kier alpha value is -2.18. The molecule has 1 aliphatic carbocycles. The van der Waals surface area contributed by atoms with Crippen LogP contribution in [0.3, 0.4) is 0 Å². The minimum Gasteiger partial charge on any atom is -0.385 e. The maximum Gasteiger partial charge on any atom is 0.273 e. The van der Waals surface area contributed by atoms with Crippen molar-refractivity contribution >= 4 is 5.91 Å². The summed E-state index contributed by atoms with van der Waals surface area (Å²) in [5.41, 5.74) is 1.82. The lowest BCUT2D eigenvalue weighted by Crippen LogP contribution is -2.45. The molecule has 27 heavy (non-hydrogen) atoms. The van der Waals surface area contributed by atoms with Gasteiger partial charge in [-0.05, 0) is 38.2 Å². The number of piperidine rings is 1. The van der Waals surface area contributed by atoms with Crippen molar-refractivity contribution in [2.75, 3.05) is 26.2 Å². The average Bonchev–Trinajstić information content (AvgIpc) is 3.40. The van der Waals surface area contributed by atoms with E-state index in [2.05, 4.69) is 22.3 Å². The molecule has 2 aromatic rings. The zero-order chi connectivity index (χ0) is 18.9. The van der Waals surface area contributed by atoms with Crippen LogP contribution in [-0.2, 0) is 5.60 Å². The number of aromatic nitrogens is 1. The van der Waals surface area contributed by atoms with Crippen LogP contribution < -0.4 is 5.32 Å². The zero-order valence-electron chi connectivity index (χ0n) is 15.8. The molecule has 2 heterocycles. The van der Waals surface area contributed by atoms with Crippen LogP contribution in [0.4, 0.5) is 0 Å². The largest absolute Gasteiger partial charge is 0.385 e. The number of hydrogen-bond donors (Lipinski definition) is 2. The number of rotatable bonds is 6. The molecule has 0 radical (unpaired) electrons. The SMILES string of the molecule is Cc1ccc(C2(O)CCN(CCNC(=O)c3cc(C4CC4)on3)CC2)cc1. The molecule has 0 bridgehead atoms. The molecule has 0 unspecified atom stereocenters. The minimum absolute atomic E-state index is 0.182. The Labute approximate surface area is 159 Å². The number of hydrogen-bond acceptors (Lipinski definition) is 5. The van der Waals surface area contributed by atoms with Gasteiger partial charge in [0.2, 0.25) is 0 Å². The third-order valence-electron chi connectivity index (χ3n) is 5.73. The molecule has 1 aliphatic heterocycles. The molecule has 1 saturated heterocycles. The van der Waals surface area contributed by atoms with Crippen LogP contribution >= 0.6 is 0 Å². The van der Waals surface area contributed by atoms with Crippen LogP contribution in [0, 0.1) is 6.92 Å².